The maximum Gasteiger partial charge on any atom is 0.339 e. The molecule has 0 fully saturated rings. The molecule has 4 nitrogen and oxygen atoms in total. The van der Waals surface area contributed by atoms with Crippen molar-refractivity contribution in [2.45, 2.75) is 13.5 Å². The molecule has 0 aromatic heterocycles. The largest absolute Gasteiger partial charge is 0.490 e. The Morgan fingerprint density at radius 2 is 2.08 bits per heavy atom. The molecule has 0 saturated carbocycles. The Hall–Kier alpha value is -2.27. The lowest BCUT2D eigenvalue weighted by atomic mass is 10.2. The van der Waals surface area contributed by atoms with Gasteiger partial charge >= 0.3 is 5.97 Å². The van der Waals surface area contributed by atoms with Crippen LogP contribution in [-0.2, 0) is 11.3 Å². The summed E-state index contributed by atoms with van der Waals surface area (Å²) in [5, 5.41) is 0. The molecule has 2 aromatic carbocycles. The summed E-state index contributed by atoms with van der Waals surface area (Å²) in [5.41, 5.74) is 1.01. The van der Waals surface area contributed by atoms with Gasteiger partial charge < -0.3 is 14.2 Å². The van der Waals surface area contributed by atoms with Crippen molar-refractivity contribution in [1.82, 2.24) is 0 Å². The molecule has 2 rings (SSSR count). The van der Waals surface area contributed by atoms with E-state index in [-0.39, 0.29) is 19.0 Å². The number of hydrogen-bond acceptors (Lipinski definition) is 4. The summed E-state index contributed by atoms with van der Waals surface area (Å²) in [5.74, 6) is 2.29. The van der Waals surface area contributed by atoms with Crippen LogP contribution in [0.2, 0.25) is 0 Å². The number of rotatable bonds is 7. The smallest absolute Gasteiger partial charge is 0.339 e. The topological polar surface area (TPSA) is 44.8 Å². The van der Waals surface area contributed by atoms with Gasteiger partial charge in [0.15, 0.2) is 18.1 Å². The van der Waals surface area contributed by atoms with Crippen LogP contribution in [0.5, 0.6) is 11.5 Å². The third-order valence-electron chi connectivity index (χ3n) is 3.10. The summed E-state index contributed by atoms with van der Waals surface area (Å²) in [6.07, 6.45) is 5.09. The number of esters is 1. The molecule has 0 heterocycles. The summed E-state index contributed by atoms with van der Waals surface area (Å²) in [4.78, 5) is 12.0. The summed E-state index contributed by atoms with van der Waals surface area (Å²) in [6, 6.07) is 9.33. The molecule has 0 aliphatic rings. The van der Waals surface area contributed by atoms with Gasteiger partial charge in [-0.1, -0.05) is 18.1 Å². The van der Waals surface area contributed by atoms with Crippen LogP contribution in [0.3, 0.4) is 0 Å². The van der Waals surface area contributed by atoms with Gasteiger partial charge in [-0.25, -0.2) is 9.18 Å². The second-order valence-corrected chi connectivity index (χ2v) is 6.08. The van der Waals surface area contributed by atoms with Gasteiger partial charge in [0.05, 0.1) is 15.7 Å². The first kappa shape index (κ1) is 19.1. The van der Waals surface area contributed by atoms with E-state index in [9.17, 15) is 9.18 Å². The fraction of sp³-hybridized carbons (Fsp3) is 0.211. The maximum absolute atomic E-state index is 13.3. The molecule has 6 heteroatoms. The highest BCUT2D eigenvalue weighted by atomic mass is 127. The van der Waals surface area contributed by atoms with Gasteiger partial charge in [-0.2, -0.15) is 0 Å². The van der Waals surface area contributed by atoms with Crippen molar-refractivity contribution in [3.05, 3.63) is 56.9 Å². The monoisotopic (exact) mass is 454 g/mol. The van der Waals surface area contributed by atoms with Crippen LogP contribution in [-0.4, -0.2) is 19.2 Å². The van der Waals surface area contributed by atoms with Gasteiger partial charge in [0.25, 0.3) is 0 Å². The van der Waals surface area contributed by atoms with Crippen molar-refractivity contribution in [3.8, 4) is 23.8 Å². The third-order valence-corrected chi connectivity index (χ3v) is 3.91. The number of ether oxygens (including phenoxy) is 3. The first-order valence-corrected chi connectivity index (χ1v) is 8.57. The molecule has 2 aromatic rings. The van der Waals surface area contributed by atoms with E-state index < -0.39 is 5.97 Å². The maximum atomic E-state index is 13.3. The van der Waals surface area contributed by atoms with E-state index in [0.29, 0.717) is 32.8 Å². The minimum absolute atomic E-state index is 0.1000. The molecule has 0 spiro atoms. The highest BCUT2D eigenvalue weighted by Crippen LogP contribution is 2.35. The van der Waals surface area contributed by atoms with Crippen molar-refractivity contribution >= 4 is 28.6 Å². The van der Waals surface area contributed by atoms with Crippen LogP contribution in [0.25, 0.3) is 0 Å². The first-order chi connectivity index (χ1) is 12.0. The first-order valence-electron chi connectivity index (χ1n) is 7.49. The summed E-state index contributed by atoms with van der Waals surface area (Å²) in [7, 11) is 0. The minimum atomic E-state index is -0.534. The van der Waals surface area contributed by atoms with E-state index in [4.69, 9.17) is 20.6 Å². The SMILES string of the molecule is C#CCOC(=O)c1cc(I)c(OCc2cccc(F)c2)c(OCC)c1. The number of benzene rings is 2. The molecular weight excluding hydrogens is 438 g/mol. The fourth-order valence-electron chi connectivity index (χ4n) is 2.06. The molecule has 0 radical (unpaired) electrons. The Balaban J connectivity index is 2.24. The van der Waals surface area contributed by atoms with Crippen molar-refractivity contribution in [1.29, 1.82) is 0 Å². The molecular formula is C19H16FIO4. The fourth-order valence-corrected chi connectivity index (χ4v) is 2.82. The standard InChI is InChI=1S/C19H16FIO4/c1-3-8-24-19(22)14-10-16(21)18(17(11-14)23-4-2)25-12-13-6-5-7-15(20)9-13/h1,5-7,9-11H,4,8,12H2,2H3. The van der Waals surface area contributed by atoms with Crippen molar-refractivity contribution in [3.63, 3.8) is 0 Å². The second kappa shape index (κ2) is 9.28. The number of hydrogen-bond donors (Lipinski definition) is 0. The van der Waals surface area contributed by atoms with Gasteiger partial charge in [-0.15, -0.1) is 6.42 Å². The average molecular weight is 454 g/mol. The normalized spacial score (nSPS) is 10.0. The Morgan fingerprint density at radius 3 is 2.76 bits per heavy atom. The van der Waals surface area contributed by atoms with Gasteiger partial charge in [0.1, 0.15) is 12.4 Å². The molecule has 0 N–H and O–H groups in total. The second-order valence-electron chi connectivity index (χ2n) is 4.92. The molecule has 130 valence electrons. The van der Waals surface area contributed by atoms with Crippen molar-refractivity contribution in [2.75, 3.05) is 13.2 Å². The molecule has 0 unspecified atom stereocenters. The van der Waals surface area contributed by atoms with Crippen molar-refractivity contribution in [2.24, 2.45) is 0 Å². The molecule has 0 saturated heterocycles. The van der Waals surface area contributed by atoms with Gasteiger partial charge in [0, 0.05) is 0 Å². The lowest BCUT2D eigenvalue weighted by Crippen LogP contribution is -2.08. The van der Waals surface area contributed by atoms with E-state index >= 15 is 0 Å². The lowest BCUT2D eigenvalue weighted by Gasteiger charge is -2.15. The zero-order valence-corrected chi connectivity index (χ0v) is 15.7. The number of halogens is 2. The minimum Gasteiger partial charge on any atom is -0.490 e. The predicted octanol–water partition coefficient (Wildman–Crippen LogP) is 4.20. The summed E-state index contributed by atoms with van der Waals surface area (Å²) < 4.78 is 30.2. The molecule has 25 heavy (non-hydrogen) atoms. The van der Waals surface area contributed by atoms with E-state index in [1.54, 1.807) is 24.3 Å². The molecule has 0 atom stereocenters. The predicted molar refractivity (Wildman–Crippen MR) is 100 cm³/mol. The molecule has 0 bridgehead atoms. The Labute approximate surface area is 159 Å². The Kier molecular flexibility index (Phi) is 7.07. The summed E-state index contributed by atoms with van der Waals surface area (Å²) >= 11 is 2.04. The van der Waals surface area contributed by atoms with Crippen molar-refractivity contribution < 1.29 is 23.4 Å². The van der Waals surface area contributed by atoms with Gasteiger partial charge in [0.2, 0.25) is 0 Å². The molecule has 0 aliphatic heterocycles. The van der Waals surface area contributed by atoms with Crippen LogP contribution in [0.15, 0.2) is 36.4 Å². The van der Waals surface area contributed by atoms with Crippen LogP contribution in [0.1, 0.15) is 22.8 Å². The highest BCUT2D eigenvalue weighted by molar-refractivity contribution is 14.1. The zero-order chi connectivity index (χ0) is 18.2. The van der Waals surface area contributed by atoms with E-state index in [1.165, 1.54) is 12.1 Å². The van der Waals surface area contributed by atoms with E-state index in [1.807, 2.05) is 29.5 Å². The van der Waals surface area contributed by atoms with Crippen LogP contribution in [0.4, 0.5) is 4.39 Å². The zero-order valence-electron chi connectivity index (χ0n) is 13.6. The number of terminal acetylenes is 1. The quantitative estimate of drug-likeness (QED) is 0.358. The lowest BCUT2D eigenvalue weighted by molar-refractivity contribution is 0.0556. The van der Waals surface area contributed by atoms with E-state index in [0.717, 1.165) is 0 Å². The number of carbonyl (C=O) groups excluding carboxylic acids is 1. The molecule has 0 aliphatic carbocycles. The third kappa shape index (κ3) is 5.36. The van der Waals surface area contributed by atoms with Crippen LogP contribution in [0, 0.1) is 21.7 Å². The molecule has 0 amide bonds. The van der Waals surface area contributed by atoms with Crippen LogP contribution < -0.4 is 9.47 Å². The Bertz CT molecular complexity index is 798. The van der Waals surface area contributed by atoms with E-state index in [2.05, 4.69) is 5.92 Å². The van der Waals surface area contributed by atoms with Gasteiger partial charge in [-0.3, -0.25) is 0 Å². The highest BCUT2D eigenvalue weighted by Gasteiger charge is 2.17. The number of carbonyl (C=O) groups is 1. The average Bonchev–Trinajstić information content (AvgIpc) is 2.59. The van der Waals surface area contributed by atoms with Crippen LogP contribution >= 0.6 is 22.6 Å². The van der Waals surface area contributed by atoms with Gasteiger partial charge in [-0.05, 0) is 59.3 Å². The summed E-state index contributed by atoms with van der Waals surface area (Å²) in [6.45, 7) is 2.30. The Morgan fingerprint density at radius 1 is 1.28 bits per heavy atom.